The van der Waals surface area contributed by atoms with Crippen molar-refractivity contribution in [1.82, 2.24) is 9.71 Å². The van der Waals surface area contributed by atoms with E-state index in [0.717, 1.165) is 7.11 Å². The number of ether oxygens (including phenoxy) is 2. The van der Waals surface area contributed by atoms with Crippen LogP contribution in [0.15, 0.2) is 48.7 Å². The number of pyridine rings is 1. The zero-order valence-electron chi connectivity index (χ0n) is 12.4. The molecule has 0 saturated heterocycles. The van der Waals surface area contributed by atoms with Crippen LogP contribution < -0.4 is 9.46 Å². The summed E-state index contributed by atoms with van der Waals surface area (Å²) in [5.74, 6) is -0.554. The van der Waals surface area contributed by atoms with Crippen molar-refractivity contribution in [1.29, 1.82) is 0 Å². The molecule has 1 aromatic heterocycles. The molecule has 0 aliphatic heterocycles. The van der Waals surface area contributed by atoms with Crippen molar-refractivity contribution in [3.05, 3.63) is 54.2 Å². The number of rotatable bonds is 7. The predicted molar refractivity (Wildman–Crippen MR) is 83.4 cm³/mol. The van der Waals surface area contributed by atoms with E-state index >= 15 is 0 Å². The molecule has 0 atom stereocenters. The van der Waals surface area contributed by atoms with Crippen LogP contribution in [0.1, 0.15) is 5.56 Å². The van der Waals surface area contributed by atoms with Gasteiger partial charge in [0.15, 0.2) is 5.75 Å². The lowest BCUT2D eigenvalue weighted by Crippen LogP contribution is -2.30. The summed E-state index contributed by atoms with van der Waals surface area (Å²) in [6.45, 7) is 0.0404. The largest absolute Gasteiger partial charge is 0.468 e. The molecule has 2 rings (SSSR count). The average Bonchev–Trinajstić information content (AvgIpc) is 2.54. The lowest BCUT2D eigenvalue weighted by atomic mass is 10.2. The van der Waals surface area contributed by atoms with Crippen LogP contribution in [0.5, 0.6) is 11.6 Å². The molecular formula is C15H16N2O5S. The molecule has 0 aliphatic carbocycles. The number of nitrogens with zero attached hydrogens (tertiary/aromatic N) is 1. The van der Waals surface area contributed by atoms with Gasteiger partial charge in [-0.15, -0.1) is 0 Å². The van der Waals surface area contributed by atoms with Crippen molar-refractivity contribution in [2.45, 2.75) is 6.54 Å². The van der Waals surface area contributed by atoms with Crippen molar-refractivity contribution in [2.24, 2.45) is 0 Å². The van der Waals surface area contributed by atoms with Gasteiger partial charge in [-0.25, -0.2) is 18.1 Å². The van der Waals surface area contributed by atoms with Crippen molar-refractivity contribution in [2.75, 3.05) is 12.9 Å². The van der Waals surface area contributed by atoms with E-state index in [0.29, 0.717) is 17.2 Å². The van der Waals surface area contributed by atoms with Crippen molar-refractivity contribution in [3.8, 4) is 11.6 Å². The fourth-order valence-corrected chi connectivity index (χ4v) is 2.62. The van der Waals surface area contributed by atoms with Crippen LogP contribution in [0.25, 0.3) is 0 Å². The SMILES string of the molecule is COC(=O)CS(=O)(=O)NCc1cccc(Oc2ccccn2)c1. The Hall–Kier alpha value is -2.45. The average molecular weight is 336 g/mol. The van der Waals surface area contributed by atoms with Crippen LogP contribution in [0.2, 0.25) is 0 Å². The molecule has 0 radical (unpaired) electrons. The van der Waals surface area contributed by atoms with Gasteiger partial charge in [0.25, 0.3) is 0 Å². The number of carbonyl (C=O) groups excluding carboxylic acids is 1. The Labute approximate surface area is 134 Å². The zero-order chi connectivity index (χ0) is 16.7. The van der Waals surface area contributed by atoms with Gasteiger partial charge >= 0.3 is 5.97 Å². The molecule has 0 unspecified atom stereocenters. The zero-order valence-corrected chi connectivity index (χ0v) is 13.2. The molecule has 1 aromatic carbocycles. The lowest BCUT2D eigenvalue weighted by molar-refractivity contribution is -0.137. The first-order chi connectivity index (χ1) is 11.0. The number of methoxy groups -OCH3 is 1. The molecule has 0 bridgehead atoms. The third-order valence-electron chi connectivity index (χ3n) is 2.79. The highest BCUT2D eigenvalue weighted by atomic mass is 32.2. The van der Waals surface area contributed by atoms with Gasteiger partial charge in [-0.1, -0.05) is 18.2 Å². The molecule has 122 valence electrons. The maximum atomic E-state index is 11.7. The first-order valence-electron chi connectivity index (χ1n) is 6.70. The van der Waals surface area contributed by atoms with E-state index in [1.165, 1.54) is 0 Å². The van der Waals surface area contributed by atoms with Gasteiger partial charge < -0.3 is 9.47 Å². The van der Waals surface area contributed by atoms with Crippen LogP contribution in [0, 0.1) is 0 Å². The minimum Gasteiger partial charge on any atom is -0.468 e. The maximum absolute atomic E-state index is 11.7. The number of esters is 1. The van der Waals surface area contributed by atoms with E-state index in [2.05, 4.69) is 14.4 Å². The summed E-state index contributed by atoms with van der Waals surface area (Å²) in [5, 5.41) is 0. The fourth-order valence-electron chi connectivity index (χ4n) is 1.71. The summed E-state index contributed by atoms with van der Waals surface area (Å²) >= 11 is 0. The van der Waals surface area contributed by atoms with E-state index in [-0.39, 0.29) is 6.54 Å². The van der Waals surface area contributed by atoms with Gasteiger partial charge in [0.2, 0.25) is 15.9 Å². The molecule has 0 fully saturated rings. The highest BCUT2D eigenvalue weighted by Crippen LogP contribution is 2.20. The first kappa shape index (κ1) is 16.9. The van der Waals surface area contributed by atoms with Gasteiger partial charge in [-0.3, -0.25) is 4.79 Å². The summed E-state index contributed by atoms with van der Waals surface area (Å²) in [7, 11) is -2.61. The smallest absolute Gasteiger partial charge is 0.322 e. The van der Waals surface area contributed by atoms with Gasteiger partial charge in [0, 0.05) is 18.8 Å². The Bertz CT molecular complexity index is 762. The van der Waals surface area contributed by atoms with Gasteiger partial charge in [-0.05, 0) is 23.8 Å². The lowest BCUT2D eigenvalue weighted by Gasteiger charge is -2.08. The molecule has 0 spiro atoms. The molecule has 0 amide bonds. The summed E-state index contributed by atoms with van der Waals surface area (Å²) in [6, 6.07) is 12.2. The summed E-state index contributed by atoms with van der Waals surface area (Å²) in [6.07, 6.45) is 1.61. The van der Waals surface area contributed by atoms with Gasteiger partial charge in [-0.2, -0.15) is 0 Å². The van der Waals surface area contributed by atoms with E-state index < -0.39 is 21.7 Å². The molecule has 1 heterocycles. The predicted octanol–water partition coefficient (Wildman–Crippen LogP) is 1.47. The normalized spacial score (nSPS) is 11.0. The minimum atomic E-state index is -3.74. The quantitative estimate of drug-likeness (QED) is 0.769. The summed E-state index contributed by atoms with van der Waals surface area (Å²) in [5.41, 5.74) is 0.687. The summed E-state index contributed by atoms with van der Waals surface area (Å²) in [4.78, 5) is 15.1. The van der Waals surface area contributed by atoms with E-state index in [1.54, 1.807) is 48.7 Å². The molecule has 7 nitrogen and oxygen atoms in total. The van der Waals surface area contributed by atoms with Crippen molar-refractivity contribution >= 4 is 16.0 Å². The Morgan fingerprint density at radius 2 is 2.04 bits per heavy atom. The van der Waals surface area contributed by atoms with Crippen molar-refractivity contribution < 1.29 is 22.7 Å². The highest BCUT2D eigenvalue weighted by molar-refractivity contribution is 7.90. The van der Waals surface area contributed by atoms with Crippen LogP contribution in [-0.2, 0) is 26.1 Å². The third kappa shape index (κ3) is 5.68. The van der Waals surface area contributed by atoms with Crippen molar-refractivity contribution in [3.63, 3.8) is 0 Å². The number of carbonyl (C=O) groups is 1. The Balaban J connectivity index is 1.99. The standard InChI is InChI=1S/C15H16N2O5S/c1-21-15(18)11-23(19,20)17-10-12-5-4-6-13(9-12)22-14-7-2-3-8-16-14/h2-9,17H,10-11H2,1H3. The second-order valence-corrected chi connectivity index (χ2v) is 6.38. The van der Waals surface area contributed by atoms with Crippen LogP contribution in [0.4, 0.5) is 0 Å². The number of aromatic nitrogens is 1. The highest BCUT2D eigenvalue weighted by Gasteiger charge is 2.16. The number of hydrogen-bond donors (Lipinski definition) is 1. The van der Waals surface area contributed by atoms with Gasteiger partial charge in [0.05, 0.1) is 7.11 Å². The Morgan fingerprint density at radius 3 is 2.74 bits per heavy atom. The fraction of sp³-hybridized carbons (Fsp3) is 0.200. The maximum Gasteiger partial charge on any atom is 0.322 e. The van der Waals surface area contributed by atoms with E-state index in [1.807, 2.05) is 0 Å². The second-order valence-electron chi connectivity index (χ2n) is 4.57. The number of benzene rings is 1. The number of hydrogen-bond acceptors (Lipinski definition) is 6. The monoisotopic (exact) mass is 336 g/mol. The Kier molecular flexibility index (Phi) is 5.67. The third-order valence-corrected chi connectivity index (χ3v) is 3.99. The Morgan fingerprint density at radius 1 is 1.22 bits per heavy atom. The van der Waals surface area contributed by atoms with E-state index in [9.17, 15) is 13.2 Å². The molecule has 8 heteroatoms. The molecule has 0 saturated carbocycles. The molecular weight excluding hydrogens is 320 g/mol. The van der Waals surface area contributed by atoms with Crippen LogP contribution in [-0.4, -0.2) is 32.2 Å². The molecule has 23 heavy (non-hydrogen) atoms. The van der Waals surface area contributed by atoms with Gasteiger partial charge in [0.1, 0.15) is 5.75 Å². The topological polar surface area (TPSA) is 94.6 Å². The van der Waals surface area contributed by atoms with Crippen LogP contribution in [0.3, 0.4) is 0 Å². The number of sulfonamides is 1. The second kappa shape index (κ2) is 7.70. The molecule has 1 N–H and O–H groups in total. The first-order valence-corrected chi connectivity index (χ1v) is 8.36. The minimum absolute atomic E-state index is 0.0404. The molecule has 0 aliphatic rings. The number of nitrogens with one attached hydrogen (secondary N) is 1. The molecule has 2 aromatic rings. The van der Waals surface area contributed by atoms with E-state index in [4.69, 9.17) is 4.74 Å². The summed E-state index contributed by atoms with van der Waals surface area (Å²) < 4.78 is 35.6. The van der Waals surface area contributed by atoms with Crippen LogP contribution >= 0.6 is 0 Å².